The Bertz CT molecular complexity index is 1220. The molecular formula is C29H44ClN3O6S2. The van der Waals surface area contributed by atoms with Crippen molar-refractivity contribution in [2.24, 2.45) is 5.92 Å². The van der Waals surface area contributed by atoms with Gasteiger partial charge in [0.05, 0.1) is 24.0 Å². The van der Waals surface area contributed by atoms with E-state index in [0.29, 0.717) is 48.9 Å². The van der Waals surface area contributed by atoms with Crippen molar-refractivity contribution in [3.05, 3.63) is 60.7 Å². The topological polar surface area (TPSA) is 96.5 Å². The van der Waals surface area contributed by atoms with Gasteiger partial charge in [-0.3, -0.25) is 0 Å². The van der Waals surface area contributed by atoms with Crippen molar-refractivity contribution in [3.8, 4) is 11.5 Å². The van der Waals surface area contributed by atoms with Crippen LogP contribution in [-0.4, -0.2) is 90.4 Å². The molecule has 0 unspecified atom stereocenters. The minimum absolute atomic E-state index is 0. The van der Waals surface area contributed by atoms with Crippen molar-refractivity contribution in [3.63, 3.8) is 0 Å². The van der Waals surface area contributed by atoms with E-state index in [1.54, 1.807) is 24.3 Å². The van der Waals surface area contributed by atoms with Gasteiger partial charge in [-0.1, -0.05) is 20.4 Å². The first-order valence-corrected chi connectivity index (χ1v) is 16.5. The first-order chi connectivity index (χ1) is 19.0. The maximum Gasteiger partial charge on any atom is 0.243 e. The molecular weight excluding hydrogens is 586 g/mol. The highest BCUT2D eigenvalue weighted by Gasteiger charge is 2.29. The van der Waals surface area contributed by atoms with Crippen LogP contribution in [0.15, 0.2) is 70.5 Å². The molecule has 3 rings (SSSR count). The van der Waals surface area contributed by atoms with Crippen LogP contribution in [0.4, 0.5) is 0 Å². The zero-order valence-corrected chi connectivity index (χ0v) is 26.9. The van der Waals surface area contributed by atoms with Crippen molar-refractivity contribution < 1.29 is 26.3 Å². The van der Waals surface area contributed by atoms with Crippen molar-refractivity contribution >= 4 is 32.5 Å². The summed E-state index contributed by atoms with van der Waals surface area (Å²) >= 11 is 0. The van der Waals surface area contributed by atoms with Crippen LogP contribution >= 0.6 is 12.4 Å². The Labute approximate surface area is 252 Å². The van der Waals surface area contributed by atoms with Gasteiger partial charge in [0.15, 0.2) is 0 Å². The Balaban J connectivity index is 0.00000588. The molecule has 41 heavy (non-hydrogen) atoms. The van der Waals surface area contributed by atoms with Crippen LogP contribution in [0.5, 0.6) is 11.5 Å². The highest BCUT2D eigenvalue weighted by atomic mass is 35.5. The number of rotatable bonds is 9. The highest BCUT2D eigenvalue weighted by Crippen LogP contribution is 2.24. The molecule has 1 fully saturated rings. The van der Waals surface area contributed by atoms with Gasteiger partial charge in [-0.2, -0.15) is 8.61 Å². The molecule has 1 aliphatic heterocycles. The van der Waals surface area contributed by atoms with Crippen LogP contribution in [-0.2, 0) is 20.0 Å². The Morgan fingerprint density at radius 1 is 0.732 bits per heavy atom. The second-order valence-electron chi connectivity index (χ2n) is 10.5. The Morgan fingerprint density at radius 2 is 1.12 bits per heavy atom. The van der Waals surface area contributed by atoms with Crippen LogP contribution in [0, 0.1) is 5.92 Å². The maximum absolute atomic E-state index is 13.7. The summed E-state index contributed by atoms with van der Waals surface area (Å²) in [6, 6.07) is 12.6. The molecule has 12 heteroatoms. The zero-order valence-electron chi connectivity index (χ0n) is 24.5. The second kappa shape index (κ2) is 15.9. The lowest BCUT2D eigenvalue weighted by atomic mass is 10.1. The molecule has 0 spiro atoms. The van der Waals surface area contributed by atoms with E-state index in [9.17, 15) is 16.8 Å². The average molecular weight is 630 g/mol. The Morgan fingerprint density at radius 3 is 1.46 bits per heavy atom. The Hall–Kier alpha value is -2.15. The fourth-order valence-electron chi connectivity index (χ4n) is 4.63. The molecule has 2 aromatic rings. The summed E-state index contributed by atoms with van der Waals surface area (Å²) in [6.07, 6.45) is 2.34. The summed E-state index contributed by atoms with van der Waals surface area (Å²) in [5.74, 6) is 1.66. The van der Waals surface area contributed by atoms with E-state index in [1.807, 2.05) is 0 Å². The molecule has 0 bridgehead atoms. The van der Waals surface area contributed by atoms with Gasteiger partial charge in [-0.15, -0.1) is 12.4 Å². The van der Waals surface area contributed by atoms with Crippen LogP contribution < -0.4 is 9.47 Å². The van der Waals surface area contributed by atoms with Gasteiger partial charge in [0.2, 0.25) is 20.0 Å². The molecule has 0 aromatic heterocycles. The molecule has 1 saturated heterocycles. The summed E-state index contributed by atoms with van der Waals surface area (Å²) < 4.78 is 68.0. The third-order valence-electron chi connectivity index (χ3n) is 6.98. The minimum Gasteiger partial charge on any atom is -0.497 e. The van der Waals surface area contributed by atoms with E-state index in [4.69, 9.17) is 9.47 Å². The molecule has 0 atom stereocenters. The Kier molecular flexibility index (Phi) is 13.6. The number of hydrogen-bond acceptors (Lipinski definition) is 7. The second-order valence-corrected chi connectivity index (χ2v) is 14.4. The van der Waals surface area contributed by atoms with Gasteiger partial charge >= 0.3 is 0 Å². The molecule has 0 N–H and O–H groups in total. The number of nitrogens with zero attached hydrogens (tertiary/aromatic N) is 3. The van der Waals surface area contributed by atoms with E-state index in [0.717, 1.165) is 26.1 Å². The van der Waals surface area contributed by atoms with E-state index < -0.39 is 20.0 Å². The first-order valence-electron chi connectivity index (χ1n) is 13.6. The zero-order chi connectivity index (χ0) is 29.3. The lowest BCUT2D eigenvalue weighted by Crippen LogP contribution is -2.41. The SMILES string of the molecule is C=C1CN(S(=O)(=O)c2ccc(OC)cc2)CCCN(CCC(C)C)CCCN(S(=O)(=O)c2ccc(OC)cc2)C1.Cl. The molecule has 9 nitrogen and oxygen atoms in total. The monoisotopic (exact) mass is 629 g/mol. The molecule has 1 aliphatic rings. The number of benzene rings is 2. The van der Waals surface area contributed by atoms with Gasteiger partial charge < -0.3 is 14.4 Å². The van der Waals surface area contributed by atoms with Crippen LogP contribution in [0.3, 0.4) is 0 Å². The summed E-state index contributed by atoms with van der Waals surface area (Å²) in [6.45, 7) is 11.4. The molecule has 0 radical (unpaired) electrons. The molecule has 1 heterocycles. The van der Waals surface area contributed by atoms with E-state index >= 15 is 0 Å². The molecule has 0 saturated carbocycles. The smallest absolute Gasteiger partial charge is 0.243 e. The van der Waals surface area contributed by atoms with Crippen LogP contribution in [0.1, 0.15) is 33.1 Å². The van der Waals surface area contributed by atoms with Crippen molar-refractivity contribution in [1.29, 1.82) is 0 Å². The number of halogens is 1. The first kappa shape index (κ1) is 35.0. The summed E-state index contributed by atoms with van der Waals surface area (Å²) in [7, 11) is -4.64. The van der Waals surface area contributed by atoms with Crippen molar-refractivity contribution in [2.75, 3.05) is 60.0 Å². The molecule has 0 amide bonds. The minimum atomic E-state index is -3.85. The van der Waals surface area contributed by atoms with E-state index in [-0.39, 0.29) is 35.3 Å². The van der Waals surface area contributed by atoms with E-state index in [2.05, 4.69) is 25.3 Å². The lowest BCUT2D eigenvalue weighted by molar-refractivity contribution is 0.233. The summed E-state index contributed by atoms with van der Waals surface area (Å²) in [5, 5.41) is 0. The third kappa shape index (κ3) is 9.69. The van der Waals surface area contributed by atoms with Crippen molar-refractivity contribution in [2.45, 2.75) is 42.9 Å². The van der Waals surface area contributed by atoms with Gasteiger partial charge in [0, 0.05) is 26.2 Å². The van der Waals surface area contributed by atoms with Gasteiger partial charge in [-0.25, -0.2) is 16.8 Å². The van der Waals surface area contributed by atoms with Crippen LogP contribution in [0.25, 0.3) is 0 Å². The predicted octanol–water partition coefficient (Wildman–Crippen LogP) is 4.51. The number of hydrogen-bond donors (Lipinski definition) is 0. The summed E-state index contributed by atoms with van der Waals surface area (Å²) in [5.41, 5.74) is 0.506. The quantitative estimate of drug-likeness (QED) is 0.377. The van der Waals surface area contributed by atoms with Gasteiger partial charge in [0.1, 0.15) is 11.5 Å². The largest absolute Gasteiger partial charge is 0.497 e. The summed E-state index contributed by atoms with van der Waals surface area (Å²) in [4.78, 5) is 2.63. The average Bonchev–Trinajstić information content (AvgIpc) is 2.93. The van der Waals surface area contributed by atoms with E-state index in [1.165, 1.54) is 47.1 Å². The van der Waals surface area contributed by atoms with Crippen LogP contribution in [0.2, 0.25) is 0 Å². The fraction of sp³-hybridized carbons (Fsp3) is 0.517. The van der Waals surface area contributed by atoms with Gasteiger partial charge in [-0.05, 0) is 98.9 Å². The number of ether oxygens (including phenoxy) is 2. The van der Waals surface area contributed by atoms with Gasteiger partial charge in [0.25, 0.3) is 0 Å². The normalized spacial score (nSPS) is 17.3. The molecule has 0 aliphatic carbocycles. The maximum atomic E-state index is 13.7. The molecule has 2 aromatic carbocycles. The van der Waals surface area contributed by atoms with Crippen molar-refractivity contribution in [1.82, 2.24) is 13.5 Å². The highest BCUT2D eigenvalue weighted by molar-refractivity contribution is 7.89. The lowest BCUT2D eigenvalue weighted by Gasteiger charge is -2.30. The fourth-order valence-corrected chi connectivity index (χ4v) is 7.63. The predicted molar refractivity (Wildman–Crippen MR) is 165 cm³/mol. The number of sulfonamides is 2. The number of methoxy groups -OCH3 is 2. The third-order valence-corrected chi connectivity index (χ3v) is 10.7. The standard InChI is InChI=1S/C29H43N3O6S2.ClH/c1-24(2)16-21-30-17-6-19-31(39(33,34)28-12-8-26(37-4)9-13-28)22-25(3)23-32(20-7-18-30)40(35,36)29-14-10-27(38-5)11-15-29;/h8-15,24H,3,6-7,16-23H2,1-2,4-5H3;1H. The molecule has 230 valence electrons.